The molecule has 4 rings (SSSR count). The first-order valence-electron chi connectivity index (χ1n) is 9.31. The summed E-state index contributed by atoms with van der Waals surface area (Å²) in [5, 5.41) is 1.17. The van der Waals surface area contributed by atoms with Crippen LogP contribution >= 0.6 is 23.2 Å². The Hall–Kier alpha value is -2.81. The van der Waals surface area contributed by atoms with Crippen LogP contribution < -0.4 is 5.43 Å². The summed E-state index contributed by atoms with van der Waals surface area (Å²) in [6.45, 7) is 3.75. The van der Waals surface area contributed by atoms with Gasteiger partial charge in [-0.25, -0.2) is 0 Å². The normalized spacial score (nSPS) is 10.9. The molecule has 0 atom stereocenters. The average molecular weight is 420 g/mol. The second kappa shape index (κ2) is 7.90. The number of rotatable bonds is 3. The summed E-state index contributed by atoms with van der Waals surface area (Å²) < 4.78 is 2.06. The van der Waals surface area contributed by atoms with Crippen LogP contribution in [-0.4, -0.2) is 4.57 Å². The van der Waals surface area contributed by atoms with Gasteiger partial charge in [-0.15, -0.1) is 0 Å². The lowest BCUT2D eigenvalue weighted by atomic mass is 10.0. The lowest BCUT2D eigenvalue weighted by molar-refractivity contribution is 1.03. The minimum atomic E-state index is -0.0132. The standard InChI is InChI=1S/C25H19Cl2NO/c1-16-20(26)13-14-21(24(16)27)28-22(18-9-5-3-6-10-18)15-23(29)17(2)25(28)19-11-7-4-8-12-19/h3-15H,1-2H3. The number of halogens is 2. The van der Waals surface area contributed by atoms with E-state index in [2.05, 4.69) is 4.57 Å². The number of benzene rings is 3. The zero-order valence-electron chi connectivity index (χ0n) is 16.1. The highest BCUT2D eigenvalue weighted by Gasteiger charge is 2.20. The van der Waals surface area contributed by atoms with E-state index in [1.54, 1.807) is 6.07 Å². The maximum absolute atomic E-state index is 12.9. The summed E-state index contributed by atoms with van der Waals surface area (Å²) in [7, 11) is 0. The van der Waals surface area contributed by atoms with Crippen molar-refractivity contribution in [1.82, 2.24) is 4.57 Å². The molecule has 0 spiro atoms. The van der Waals surface area contributed by atoms with E-state index in [1.165, 1.54) is 0 Å². The van der Waals surface area contributed by atoms with Gasteiger partial charge in [-0.1, -0.05) is 83.9 Å². The molecule has 0 amide bonds. The van der Waals surface area contributed by atoms with Crippen LogP contribution in [0.15, 0.2) is 83.7 Å². The van der Waals surface area contributed by atoms with E-state index >= 15 is 0 Å². The van der Waals surface area contributed by atoms with Gasteiger partial charge in [-0.3, -0.25) is 4.79 Å². The van der Waals surface area contributed by atoms with Gasteiger partial charge in [0.2, 0.25) is 0 Å². The average Bonchev–Trinajstić information content (AvgIpc) is 2.75. The lowest BCUT2D eigenvalue weighted by Crippen LogP contribution is -2.16. The predicted octanol–water partition coefficient (Wildman–Crippen LogP) is 7.10. The minimum Gasteiger partial charge on any atom is -0.307 e. The van der Waals surface area contributed by atoms with E-state index in [0.717, 1.165) is 33.8 Å². The van der Waals surface area contributed by atoms with Crippen molar-refractivity contribution in [2.75, 3.05) is 0 Å². The molecule has 0 bridgehead atoms. The summed E-state index contributed by atoms with van der Waals surface area (Å²) in [5.74, 6) is 0. The third-order valence-corrected chi connectivity index (χ3v) is 6.00. The molecule has 29 heavy (non-hydrogen) atoms. The van der Waals surface area contributed by atoms with E-state index in [-0.39, 0.29) is 5.43 Å². The highest BCUT2D eigenvalue weighted by atomic mass is 35.5. The first-order valence-corrected chi connectivity index (χ1v) is 10.1. The minimum absolute atomic E-state index is 0.0132. The number of hydrogen-bond donors (Lipinski definition) is 0. The number of nitrogens with zero attached hydrogens (tertiary/aromatic N) is 1. The summed E-state index contributed by atoms with van der Waals surface area (Å²) in [6, 6.07) is 25.2. The van der Waals surface area contributed by atoms with Crippen molar-refractivity contribution >= 4 is 23.2 Å². The molecular weight excluding hydrogens is 401 g/mol. The molecule has 0 N–H and O–H groups in total. The zero-order chi connectivity index (χ0) is 20.5. The largest absolute Gasteiger partial charge is 0.307 e. The Kier molecular flexibility index (Phi) is 5.31. The number of pyridine rings is 1. The first-order chi connectivity index (χ1) is 14.0. The van der Waals surface area contributed by atoms with Gasteiger partial charge in [0.05, 0.1) is 22.1 Å². The van der Waals surface area contributed by atoms with Gasteiger partial charge in [0.25, 0.3) is 0 Å². The van der Waals surface area contributed by atoms with Crippen molar-refractivity contribution in [3.05, 3.63) is 110 Å². The zero-order valence-corrected chi connectivity index (χ0v) is 17.6. The summed E-state index contributed by atoms with van der Waals surface area (Å²) in [6.07, 6.45) is 0. The maximum atomic E-state index is 12.9. The van der Waals surface area contributed by atoms with E-state index in [9.17, 15) is 4.79 Å². The van der Waals surface area contributed by atoms with Crippen LogP contribution in [0.25, 0.3) is 28.2 Å². The Bertz CT molecular complexity index is 1250. The van der Waals surface area contributed by atoms with Gasteiger partial charge in [-0.05, 0) is 42.7 Å². The maximum Gasteiger partial charge on any atom is 0.185 e. The molecule has 2 nitrogen and oxygen atoms in total. The fraction of sp³-hybridized carbons (Fsp3) is 0.0800. The number of hydrogen-bond acceptors (Lipinski definition) is 1. The van der Waals surface area contributed by atoms with Gasteiger partial charge in [-0.2, -0.15) is 0 Å². The lowest BCUT2D eigenvalue weighted by Gasteiger charge is -2.23. The first kappa shape index (κ1) is 19.5. The van der Waals surface area contributed by atoms with Crippen LogP contribution in [0.4, 0.5) is 0 Å². The Morgan fingerprint density at radius 2 is 1.31 bits per heavy atom. The highest BCUT2D eigenvalue weighted by Crippen LogP contribution is 2.37. The molecule has 0 unspecified atom stereocenters. The van der Waals surface area contributed by atoms with Crippen LogP contribution in [-0.2, 0) is 0 Å². The van der Waals surface area contributed by atoms with Crippen molar-refractivity contribution in [2.45, 2.75) is 13.8 Å². The molecule has 0 saturated carbocycles. The van der Waals surface area contributed by atoms with E-state index in [4.69, 9.17) is 23.2 Å². The van der Waals surface area contributed by atoms with Crippen LogP contribution in [0, 0.1) is 13.8 Å². The van der Waals surface area contributed by atoms with Crippen LogP contribution in [0.3, 0.4) is 0 Å². The Labute approximate surface area is 180 Å². The third-order valence-electron chi connectivity index (χ3n) is 5.11. The van der Waals surface area contributed by atoms with Gasteiger partial charge in [0.15, 0.2) is 5.43 Å². The Morgan fingerprint density at radius 1 is 0.724 bits per heavy atom. The van der Waals surface area contributed by atoms with Crippen LogP contribution in [0.2, 0.25) is 10.0 Å². The van der Waals surface area contributed by atoms with Crippen molar-refractivity contribution < 1.29 is 0 Å². The Balaban J connectivity index is 2.19. The van der Waals surface area contributed by atoms with Crippen LogP contribution in [0.5, 0.6) is 0 Å². The SMILES string of the molecule is Cc1c(Cl)ccc(-n2c(-c3ccccc3)cc(=O)c(C)c2-c2ccccc2)c1Cl. The third kappa shape index (κ3) is 3.50. The van der Waals surface area contributed by atoms with E-state index < -0.39 is 0 Å². The van der Waals surface area contributed by atoms with Crippen molar-refractivity contribution in [2.24, 2.45) is 0 Å². The van der Waals surface area contributed by atoms with Crippen molar-refractivity contribution in [3.8, 4) is 28.2 Å². The topological polar surface area (TPSA) is 22.0 Å². The fourth-order valence-electron chi connectivity index (χ4n) is 3.53. The van der Waals surface area contributed by atoms with Crippen molar-refractivity contribution in [3.63, 3.8) is 0 Å². The summed E-state index contributed by atoms with van der Waals surface area (Å²) in [4.78, 5) is 12.9. The van der Waals surface area contributed by atoms with E-state index in [0.29, 0.717) is 15.6 Å². The van der Waals surface area contributed by atoms with Gasteiger partial charge >= 0.3 is 0 Å². The quantitative estimate of drug-likeness (QED) is 0.347. The molecule has 4 aromatic rings. The molecule has 1 heterocycles. The van der Waals surface area contributed by atoms with E-state index in [1.807, 2.05) is 86.6 Å². The fourth-order valence-corrected chi connectivity index (χ4v) is 3.99. The van der Waals surface area contributed by atoms with Crippen LogP contribution in [0.1, 0.15) is 11.1 Å². The molecule has 0 fully saturated rings. The second-order valence-electron chi connectivity index (χ2n) is 6.94. The monoisotopic (exact) mass is 419 g/mol. The molecule has 144 valence electrons. The molecule has 0 radical (unpaired) electrons. The van der Waals surface area contributed by atoms with Gasteiger partial charge in [0.1, 0.15) is 0 Å². The van der Waals surface area contributed by atoms with Gasteiger partial charge < -0.3 is 4.57 Å². The predicted molar refractivity (Wildman–Crippen MR) is 122 cm³/mol. The number of aromatic nitrogens is 1. The van der Waals surface area contributed by atoms with Gasteiger partial charge in [0, 0.05) is 16.7 Å². The second-order valence-corrected chi connectivity index (χ2v) is 7.73. The molecule has 3 aromatic carbocycles. The smallest absolute Gasteiger partial charge is 0.185 e. The summed E-state index contributed by atoms with van der Waals surface area (Å²) in [5.41, 5.74) is 5.73. The molecule has 0 saturated heterocycles. The molecule has 0 aliphatic carbocycles. The van der Waals surface area contributed by atoms with Crippen molar-refractivity contribution in [1.29, 1.82) is 0 Å². The molecule has 4 heteroatoms. The molecule has 1 aromatic heterocycles. The molecule has 0 aliphatic rings. The highest BCUT2D eigenvalue weighted by molar-refractivity contribution is 6.37. The summed E-state index contributed by atoms with van der Waals surface area (Å²) >= 11 is 13.1. The molecular formula is C25H19Cl2NO. The Morgan fingerprint density at radius 3 is 1.93 bits per heavy atom. The molecule has 0 aliphatic heterocycles.